The molecular weight excluding hydrogens is 308 g/mol. The Bertz CT molecular complexity index is 506. The molecule has 0 saturated heterocycles. The molecule has 1 atom stereocenters. The average Bonchev–Trinajstić information content (AvgIpc) is 2.99. The Morgan fingerprint density at radius 3 is 2.91 bits per heavy atom. The molecule has 0 radical (unpaired) electrons. The maximum absolute atomic E-state index is 12.1. The zero-order valence-electron chi connectivity index (χ0n) is 12.5. The third-order valence-electron chi connectivity index (χ3n) is 2.82. The van der Waals surface area contributed by atoms with Crippen molar-refractivity contribution >= 4 is 11.8 Å². The molecule has 11 nitrogen and oxygen atoms in total. The quantitative estimate of drug-likeness (QED) is 0.218. The van der Waals surface area contributed by atoms with Gasteiger partial charge in [-0.1, -0.05) is 0 Å². The molecule has 0 bridgehead atoms. The summed E-state index contributed by atoms with van der Waals surface area (Å²) < 4.78 is 0. The summed E-state index contributed by atoms with van der Waals surface area (Å²) in [5, 5.41) is 14.3. The van der Waals surface area contributed by atoms with Crippen LogP contribution in [0, 0.1) is 10.1 Å². The molecule has 0 aliphatic heterocycles. The lowest BCUT2D eigenvalue weighted by molar-refractivity contribution is -0.757. The highest BCUT2D eigenvalue weighted by atomic mass is 16.9. The van der Waals surface area contributed by atoms with Crippen molar-refractivity contribution in [3.05, 3.63) is 28.3 Å². The summed E-state index contributed by atoms with van der Waals surface area (Å²) in [6.45, 7) is 0.263. The summed E-state index contributed by atoms with van der Waals surface area (Å²) in [6, 6.07) is -0.786. The zero-order valence-corrected chi connectivity index (χ0v) is 12.5. The second-order valence-electron chi connectivity index (χ2n) is 4.64. The number of imidazole rings is 1. The number of rotatable bonds is 11. The van der Waals surface area contributed by atoms with Crippen LogP contribution in [0.3, 0.4) is 0 Å². The van der Waals surface area contributed by atoms with Crippen molar-refractivity contribution in [3.8, 4) is 0 Å². The molecule has 23 heavy (non-hydrogen) atoms. The van der Waals surface area contributed by atoms with E-state index in [4.69, 9.17) is 5.73 Å². The van der Waals surface area contributed by atoms with Gasteiger partial charge in [0.1, 0.15) is 6.04 Å². The summed E-state index contributed by atoms with van der Waals surface area (Å²) in [4.78, 5) is 44.6. The Hall–Kier alpha value is -2.69. The van der Waals surface area contributed by atoms with Crippen LogP contribution in [0.1, 0.15) is 18.5 Å². The molecule has 0 saturated carbocycles. The lowest BCUT2D eigenvalue weighted by atomic mass is 10.1. The van der Waals surface area contributed by atoms with E-state index in [-0.39, 0.29) is 44.9 Å². The summed E-state index contributed by atoms with van der Waals surface area (Å²) >= 11 is 0. The highest BCUT2D eigenvalue weighted by molar-refractivity contribution is 5.87. The summed E-state index contributed by atoms with van der Waals surface area (Å²) in [7, 11) is 0. The third-order valence-corrected chi connectivity index (χ3v) is 2.82. The van der Waals surface area contributed by atoms with Crippen LogP contribution in [0.4, 0.5) is 0 Å². The van der Waals surface area contributed by atoms with E-state index in [1.165, 1.54) is 6.33 Å². The van der Waals surface area contributed by atoms with Crippen LogP contribution in [-0.2, 0) is 20.8 Å². The van der Waals surface area contributed by atoms with Crippen LogP contribution in [-0.4, -0.2) is 52.6 Å². The van der Waals surface area contributed by atoms with Crippen LogP contribution < -0.4 is 16.4 Å². The number of H-pyrrole nitrogens is 1. The van der Waals surface area contributed by atoms with E-state index in [2.05, 4.69) is 25.4 Å². The Morgan fingerprint density at radius 2 is 2.30 bits per heavy atom. The predicted octanol–water partition coefficient (Wildman–Crippen LogP) is -1.50. The molecule has 1 aromatic rings. The van der Waals surface area contributed by atoms with Gasteiger partial charge in [0.05, 0.1) is 12.9 Å². The molecule has 5 N–H and O–H groups in total. The smallest absolute Gasteiger partial charge is 0.294 e. The fraction of sp³-hybridized carbons (Fsp3) is 0.583. The van der Waals surface area contributed by atoms with Gasteiger partial charge in [-0.2, -0.15) is 0 Å². The number of carbonyl (C=O) groups excluding carboxylic acids is 2. The minimum Gasteiger partial charge on any atom is -0.354 e. The SMILES string of the molecule is NCCC(=O)N[C@@H](Cc1cnc[nH]1)C(=O)NCCCO[N+](=O)[O-]. The van der Waals surface area contributed by atoms with Crippen LogP contribution in [0.15, 0.2) is 12.5 Å². The molecule has 1 aromatic heterocycles. The fourth-order valence-corrected chi connectivity index (χ4v) is 1.77. The van der Waals surface area contributed by atoms with Gasteiger partial charge in [-0.3, -0.25) is 9.59 Å². The molecule has 0 aromatic carbocycles. The fourth-order valence-electron chi connectivity index (χ4n) is 1.77. The Morgan fingerprint density at radius 1 is 1.52 bits per heavy atom. The van der Waals surface area contributed by atoms with E-state index in [0.717, 1.165) is 0 Å². The van der Waals surface area contributed by atoms with Gasteiger partial charge in [0.2, 0.25) is 11.8 Å². The average molecular weight is 328 g/mol. The largest absolute Gasteiger partial charge is 0.354 e. The topological polar surface area (TPSA) is 165 Å². The van der Waals surface area contributed by atoms with Crippen molar-refractivity contribution in [3.63, 3.8) is 0 Å². The number of aromatic amines is 1. The van der Waals surface area contributed by atoms with E-state index in [1.54, 1.807) is 6.20 Å². The Labute approximate surface area is 132 Å². The normalized spacial score (nSPS) is 11.5. The first kappa shape index (κ1) is 18.4. The monoisotopic (exact) mass is 328 g/mol. The molecule has 2 amide bonds. The molecule has 0 unspecified atom stereocenters. The van der Waals surface area contributed by atoms with Gasteiger partial charge in [0.25, 0.3) is 5.09 Å². The summed E-state index contributed by atoms with van der Waals surface area (Å²) in [5.74, 6) is -0.727. The van der Waals surface area contributed by atoms with Crippen molar-refractivity contribution in [2.45, 2.75) is 25.3 Å². The number of carbonyl (C=O) groups is 2. The zero-order chi connectivity index (χ0) is 17.1. The second-order valence-corrected chi connectivity index (χ2v) is 4.64. The van der Waals surface area contributed by atoms with Gasteiger partial charge in [0.15, 0.2) is 0 Å². The first-order chi connectivity index (χ1) is 11.0. The van der Waals surface area contributed by atoms with Crippen LogP contribution in [0.2, 0.25) is 0 Å². The maximum Gasteiger partial charge on any atom is 0.294 e. The van der Waals surface area contributed by atoms with Crippen LogP contribution in [0.25, 0.3) is 0 Å². The molecule has 1 heterocycles. The van der Waals surface area contributed by atoms with Crippen molar-refractivity contribution < 1.29 is 19.5 Å². The molecular formula is C12H20N6O5. The number of hydrogen-bond acceptors (Lipinski definition) is 7. The standard InChI is InChI=1S/C12H20N6O5/c13-3-2-11(19)17-10(6-9-7-14-8-16-9)12(20)15-4-1-5-23-18(21)22/h7-8,10H,1-6,13H2,(H,14,16)(H,15,20)(H,17,19)/t10-/m0/s1. The number of nitrogens with two attached hydrogens (primary N) is 1. The third kappa shape index (κ3) is 7.76. The van der Waals surface area contributed by atoms with Crippen molar-refractivity contribution in [1.29, 1.82) is 0 Å². The van der Waals surface area contributed by atoms with Crippen molar-refractivity contribution in [2.75, 3.05) is 19.7 Å². The molecule has 1 rings (SSSR count). The van der Waals surface area contributed by atoms with Crippen molar-refractivity contribution in [1.82, 2.24) is 20.6 Å². The minimum absolute atomic E-state index is 0.113. The molecule has 11 heteroatoms. The predicted molar refractivity (Wildman–Crippen MR) is 78.5 cm³/mol. The van der Waals surface area contributed by atoms with Gasteiger partial charge >= 0.3 is 0 Å². The first-order valence-electron chi connectivity index (χ1n) is 7.04. The lowest BCUT2D eigenvalue weighted by Gasteiger charge is -2.17. The van der Waals surface area contributed by atoms with E-state index in [9.17, 15) is 19.7 Å². The van der Waals surface area contributed by atoms with E-state index < -0.39 is 17.0 Å². The van der Waals surface area contributed by atoms with Gasteiger partial charge < -0.3 is 26.2 Å². The minimum atomic E-state index is -0.893. The number of nitrogens with one attached hydrogen (secondary N) is 3. The second kappa shape index (κ2) is 10.1. The molecule has 0 fully saturated rings. The molecule has 128 valence electrons. The lowest BCUT2D eigenvalue weighted by Crippen LogP contribution is -2.48. The highest BCUT2D eigenvalue weighted by Crippen LogP contribution is 2.00. The van der Waals surface area contributed by atoms with E-state index in [0.29, 0.717) is 5.69 Å². The highest BCUT2D eigenvalue weighted by Gasteiger charge is 2.21. The van der Waals surface area contributed by atoms with Crippen LogP contribution in [0.5, 0.6) is 0 Å². The maximum atomic E-state index is 12.1. The van der Waals surface area contributed by atoms with Gasteiger partial charge in [-0.15, -0.1) is 10.1 Å². The van der Waals surface area contributed by atoms with Gasteiger partial charge in [0, 0.05) is 37.8 Å². The van der Waals surface area contributed by atoms with Crippen LogP contribution >= 0.6 is 0 Å². The van der Waals surface area contributed by atoms with E-state index in [1.807, 2.05) is 0 Å². The first-order valence-corrected chi connectivity index (χ1v) is 7.04. The van der Waals surface area contributed by atoms with E-state index >= 15 is 0 Å². The number of nitrogens with zero attached hydrogens (tertiary/aromatic N) is 2. The molecule has 0 aliphatic carbocycles. The number of aromatic nitrogens is 2. The Kier molecular flexibility index (Phi) is 8.07. The Balaban J connectivity index is 2.47. The van der Waals surface area contributed by atoms with Gasteiger partial charge in [-0.05, 0) is 6.42 Å². The molecule has 0 aliphatic rings. The van der Waals surface area contributed by atoms with Gasteiger partial charge in [-0.25, -0.2) is 4.98 Å². The van der Waals surface area contributed by atoms with Crippen molar-refractivity contribution in [2.24, 2.45) is 5.73 Å². The number of amides is 2. The summed E-state index contributed by atoms with van der Waals surface area (Å²) in [5.41, 5.74) is 6.00. The summed E-state index contributed by atoms with van der Waals surface area (Å²) in [6.07, 6.45) is 3.67. The molecule has 0 spiro atoms. The number of hydrogen-bond donors (Lipinski definition) is 4.